The average Bonchev–Trinajstić information content (AvgIpc) is 3.29. The molecule has 0 bridgehead atoms. The van der Waals surface area contributed by atoms with Crippen molar-refractivity contribution in [1.82, 2.24) is 14.8 Å². The highest BCUT2D eigenvalue weighted by atomic mass is 32.2. The Morgan fingerprint density at radius 2 is 2.07 bits per heavy atom. The number of aromatic nitrogens is 3. The zero-order valence-electron chi connectivity index (χ0n) is 16.1. The van der Waals surface area contributed by atoms with Gasteiger partial charge in [0.15, 0.2) is 11.0 Å². The van der Waals surface area contributed by atoms with E-state index in [1.807, 2.05) is 32.0 Å². The normalized spacial score (nSPS) is 11.0. The number of carbonyl (C=O) groups is 1. The highest BCUT2D eigenvalue weighted by Crippen LogP contribution is 2.28. The molecular formula is C20H24N4OS2. The van der Waals surface area contributed by atoms with Gasteiger partial charge in [-0.15, -0.1) is 21.5 Å². The van der Waals surface area contributed by atoms with E-state index in [4.69, 9.17) is 0 Å². The van der Waals surface area contributed by atoms with E-state index < -0.39 is 0 Å². The Bertz CT molecular complexity index is 945. The minimum absolute atomic E-state index is 0.0373. The predicted octanol–water partition coefficient (Wildman–Crippen LogP) is 4.94. The van der Waals surface area contributed by atoms with Crippen molar-refractivity contribution >= 4 is 34.7 Å². The molecule has 3 aromatic rings. The smallest absolute Gasteiger partial charge is 0.234 e. The van der Waals surface area contributed by atoms with E-state index in [0.29, 0.717) is 5.75 Å². The van der Waals surface area contributed by atoms with Crippen LogP contribution in [0.4, 0.5) is 5.69 Å². The summed E-state index contributed by atoms with van der Waals surface area (Å²) in [5.41, 5.74) is 4.22. The lowest BCUT2D eigenvalue weighted by Gasteiger charge is -2.10. The molecule has 0 aliphatic carbocycles. The van der Waals surface area contributed by atoms with Crippen molar-refractivity contribution in [2.45, 2.75) is 45.8 Å². The number of thiophene rings is 1. The van der Waals surface area contributed by atoms with Gasteiger partial charge in [0, 0.05) is 28.1 Å². The second-order valence-electron chi connectivity index (χ2n) is 6.29. The number of amides is 1. The van der Waals surface area contributed by atoms with Crippen LogP contribution in [0.3, 0.4) is 0 Å². The van der Waals surface area contributed by atoms with Gasteiger partial charge in [-0.2, -0.15) is 0 Å². The topological polar surface area (TPSA) is 59.8 Å². The zero-order valence-corrected chi connectivity index (χ0v) is 17.7. The van der Waals surface area contributed by atoms with E-state index in [9.17, 15) is 4.79 Å². The Balaban J connectivity index is 1.69. The summed E-state index contributed by atoms with van der Waals surface area (Å²) in [7, 11) is 0. The molecule has 2 heterocycles. The van der Waals surface area contributed by atoms with Crippen LogP contribution in [0, 0.1) is 13.8 Å². The third-order valence-corrected chi connectivity index (χ3v) is 6.55. The summed E-state index contributed by atoms with van der Waals surface area (Å²) in [5, 5.41) is 14.6. The molecular weight excluding hydrogens is 376 g/mol. The highest BCUT2D eigenvalue weighted by Gasteiger charge is 2.16. The Morgan fingerprint density at radius 1 is 1.26 bits per heavy atom. The van der Waals surface area contributed by atoms with Crippen LogP contribution in [0.5, 0.6) is 0 Å². The summed E-state index contributed by atoms with van der Waals surface area (Å²) in [6.07, 6.45) is 1.02. The number of thioether (sulfide) groups is 1. The van der Waals surface area contributed by atoms with E-state index in [1.165, 1.54) is 16.6 Å². The Morgan fingerprint density at radius 3 is 2.78 bits per heavy atom. The summed E-state index contributed by atoms with van der Waals surface area (Å²) >= 11 is 3.16. The molecule has 0 saturated carbocycles. The molecule has 0 aliphatic heterocycles. The van der Waals surface area contributed by atoms with Crippen LogP contribution in [0.25, 0.3) is 11.4 Å². The molecule has 0 spiro atoms. The Labute approximate surface area is 168 Å². The number of rotatable bonds is 7. The molecule has 0 radical (unpaired) electrons. The van der Waals surface area contributed by atoms with Gasteiger partial charge in [-0.05, 0) is 50.5 Å². The van der Waals surface area contributed by atoms with E-state index in [2.05, 4.69) is 45.4 Å². The van der Waals surface area contributed by atoms with E-state index >= 15 is 0 Å². The maximum atomic E-state index is 12.4. The average molecular weight is 401 g/mol. The molecule has 27 heavy (non-hydrogen) atoms. The summed E-state index contributed by atoms with van der Waals surface area (Å²) in [6, 6.07) is 8.10. The van der Waals surface area contributed by atoms with Crippen molar-refractivity contribution < 1.29 is 4.79 Å². The van der Waals surface area contributed by atoms with E-state index in [-0.39, 0.29) is 5.91 Å². The van der Waals surface area contributed by atoms with Crippen molar-refractivity contribution in [2.24, 2.45) is 0 Å². The van der Waals surface area contributed by atoms with Gasteiger partial charge in [-0.3, -0.25) is 4.79 Å². The minimum Gasteiger partial charge on any atom is -0.325 e. The lowest BCUT2D eigenvalue weighted by Crippen LogP contribution is -2.15. The van der Waals surface area contributed by atoms with Crippen LogP contribution in [0.2, 0.25) is 0 Å². The fraction of sp³-hybridized carbons (Fsp3) is 0.350. The molecule has 3 rings (SSSR count). The van der Waals surface area contributed by atoms with Gasteiger partial charge < -0.3 is 9.88 Å². The quantitative estimate of drug-likeness (QED) is 0.571. The molecule has 142 valence electrons. The van der Waals surface area contributed by atoms with Gasteiger partial charge in [0.2, 0.25) is 5.91 Å². The second kappa shape index (κ2) is 8.71. The number of hydrogen-bond acceptors (Lipinski definition) is 5. The van der Waals surface area contributed by atoms with Gasteiger partial charge in [0.25, 0.3) is 0 Å². The van der Waals surface area contributed by atoms with Gasteiger partial charge in [-0.1, -0.05) is 30.8 Å². The molecule has 1 N–H and O–H groups in total. The summed E-state index contributed by atoms with van der Waals surface area (Å²) in [5.74, 6) is 1.13. The maximum Gasteiger partial charge on any atom is 0.234 e. The molecule has 2 aromatic heterocycles. The molecule has 1 amide bonds. The Hall–Kier alpha value is -2.12. The standard InChI is InChI=1S/C20H24N4OS2/c1-5-16-10-15(11-26-16)19-22-23-20(24(19)6-2)27-12-18(25)21-17-9-7-8-13(3)14(17)4/h7-11H,5-6,12H2,1-4H3,(H,21,25). The number of carbonyl (C=O) groups excluding carboxylic acids is 1. The number of anilines is 1. The highest BCUT2D eigenvalue weighted by molar-refractivity contribution is 7.99. The fourth-order valence-electron chi connectivity index (χ4n) is 2.78. The van der Waals surface area contributed by atoms with Crippen LogP contribution in [0.1, 0.15) is 29.9 Å². The first-order valence-electron chi connectivity index (χ1n) is 9.03. The van der Waals surface area contributed by atoms with Crippen molar-refractivity contribution in [3.05, 3.63) is 45.6 Å². The van der Waals surface area contributed by atoms with Crippen LogP contribution >= 0.6 is 23.1 Å². The monoisotopic (exact) mass is 400 g/mol. The maximum absolute atomic E-state index is 12.4. The first kappa shape index (κ1) is 19.6. The van der Waals surface area contributed by atoms with Gasteiger partial charge in [-0.25, -0.2) is 0 Å². The van der Waals surface area contributed by atoms with E-state index in [0.717, 1.165) is 46.3 Å². The van der Waals surface area contributed by atoms with Crippen LogP contribution in [-0.2, 0) is 17.8 Å². The predicted molar refractivity (Wildman–Crippen MR) is 114 cm³/mol. The third-order valence-electron chi connectivity index (χ3n) is 4.50. The number of benzene rings is 1. The van der Waals surface area contributed by atoms with Crippen LogP contribution < -0.4 is 5.32 Å². The fourth-order valence-corrected chi connectivity index (χ4v) is 4.40. The number of aryl methyl sites for hydroxylation is 2. The lowest BCUT2D eigenvalue weighted by atomic mass is 10.1. The van der Waals surface area contributed by atoms with Crippen molar-refractivity contribution in [2.75, 3.05) is 11.1 Å². The van der Waals surface area contributed by atoms with Crippen LogP contribution in [0.15, 0.2) is 34.8 Å². The SMILES string of the molecule is CCc1cc(-c2nnc(SCC(=O)Nc3cccc(C)c3C)n2CC)cs1. The van der Waals surface area contributed by atoms with Gasteiger partial charge in [0.1, 0.15) is 0 Å². The van der Waals surface area contributed by atoms with Crippen LogP contribution in [-0.4, -0.2) is 26.4 Å². The molecule has 0 fully saturated rings. The van der Waals surface area contributed by atoms with E-state index in [1.54, 1.807) is 11.3 Å². The molecule has 0 aliphatic rings. The molecule has 1 aromatic carbocycles. The largest absolute Gasteiger partial charge is 0.325 e. The first-order chi connectivity index (χ1) is 13.0. The zero-order chi connectivity index (χ0) is 19.4. The van der Waals surface area contributed by atoms with Crippen molar-refractivity contribution in [3.8, 4) is 11.4 Å². The molecule has 0 unspecified atom stereocenters. The number of nitrogens with one attached hydrogen (secondary N) is 1. The summed E-state index contributed by atoms with van der Waals surface area (Å²) < 4.78 is 2.07. The lowest BCUT2D eigenvalue weighted by molar-refractivity contribution is -0.113. The molecule has 0 saturated heterocycles. The van der Waals surface area contributed by atoms with Gasteiger partial charge in [0.05, 0.1) is 5.75 Å². The molecule has 5 nitrogen and oxygen atoms in total. The molecule has 0 atom stereocenters. The van der Waals surface area contributed by atoms with Gasteiger partial charge >= 0.3 is 0 Å². The number of nitrogens with zero attached hydrogens (tertiary/aromatic N) is 3. The summed E-state index contributed by atoms with van der Waals surface area (Å²) in [4.78, 5) is 13.7. The second-order valence-corrected chi connectivity index (χ2v) is 8.23. The molecule has 7 heteroatoms. The minimum atomic E-state index is -0.0373. The summed E-state index contributed by atoms with van der Waals surface area (Å²) in [6.45, 7) is 9.04. The first-order valence-corrected chi connectivity index (χ1v) is 10.9. The third kappa shape index (κ3) is 4.42. The number of hydrogen-bond donors (Lipinski definition) is 1. The Kier molecular flexibility index (Phi) is 6.34. The van der Waals surface area contributed by atoms with Crippen molar-refractivity contribution in [3.63, 3.8) is 0 Å². The van der Waals surface area contributed by atoms with Crippen molar-refractivity contribution in [1.29, 1.82) is 0 Å².